The van der Waals surface area contributed by atoms with E-state index in [1.165, 1.54) is 10.9 Å². The monoisotopic (exact) mass is 294 g/mol. The standard InChI is InChI=1S/C18H18N2O2/c21-13-19-9-8-15-11-20-18-10-16(6-7-17(15)18)22-12-14-4-2-1-3-5-14/h1-7,10-11,13,20H,8-9,12H2,(H,19,21). The van der Waals surface area contributed by atoms with Crippen molar-refractivity contribution in [2.45, 2.75) is 13.0 Å². The van der Waals surface area contributed by atoms with E-state index >= 15 is 0 Å². The van der Waals surface area contributed by atoms with Crippen molar-refractivity contribution in [3.05, 3.63) is 65.9 Å². The Balaban J connectivity index is 1.69. The minimum Gasteiger partial charge on any atom is -0.489 e. The second-order valence-corrected chi connectivity index (χ2v) is 5.12. The molecule has 0 bridgehead atoms. The van der Waals surface area contributed by atoms with E-state index in [9.17, 15) is 4.79 Å². The minimum atomic E-state index is 0.559. The first-order valence-electron chi connectivity index (χ1n) is 7.30. The average Bonchev–Trinajstić information content (AvgIpc) is 2.97. The molecule has 0 fully saturated rings. The molecule has 0 radical (unpaired) electrons. The van der Waals surface area contributed by atoms with Crippen LogP contribution in [0.2, 0.25) is 0 Å². The average molecular weight is 294 g/mol. The van der Waals surface area contributed by atoms with Crippen molar-refractivity contribution in [2.75, 3.05) is 6.54 Å². The van der Waals surface area contributed by atoms with Crippen LogP contribution < -0.4 is 10.1 Å². The number of hydrogen-bond acceptors (Lipinski definition) is 2. The first-order valence-corrected chi connectivity index (χ1v) is 7.30. The van der Waals surface area contributed by atoms with Crippen molar-refractivity contribution in [2.24, 2.45) is 0 Å². The summed E-state index contributed by atoms with van der Waals surface area (Å²) < 4.78 is 5.83. The maximum atomic E-state index is 10.3. The topological polar surface area (TPSA) is 54.1 Å². The SMILES string of the molecule is O=CNCCc1c[nH]c2cc(OCc3ccccc3)ccc12. The van der Waals surface area contributed by atoms with Crippen LogP contribution in [-0.2, 0) is 17.8 Å². The van der Waals surface area contributed by atoms with Gasteiger partial charge in [-0.3, -0.25) is 4.79 Å². The first-order chi connectivity index (χ1) is 10.9. The lowest BCUT2D eigenvalue weighted by molar-refractivity contribution is -0.109. The molecule has 2 N–H and O–H groups in total. The van der Waals surface area contributed by atoms with Gasteiger partial charge in [0, 0.05) is 29.7 Å². The minimum absolute atomic E-state index is 0.559. The number of aromatic nitrogens is 1. The maximum Gasteiger partial charge on any atom is 0.207 e. The quantitative estimate of drug-likeness (QED) is 0.520. The molecule has 2 aromatic carbocycles. The third-order valence-corrected chi connectivity index (χ3v) is 3.61. The molecular weight excluding hydrogens is 276 g/mol. The van der Waals surface area contributed by atoms with Crippen molar-refractivity contribution in [1.82, 2.24) is 10.3 Å². The van der Waals surface area contributed by atoms with Crippen LogP contribution >= 0.6 is 0 Å². The number of aromatic amines is 1. The number of benzene rings is 2. The van der Waals surface area contributed by atoms with E-state index in [4.69, 9.17) is 4.74 Å². The summed E-state index contributed by atoms with van der Waals surface area (Å²) >= 11 is 0. The molecule has 0 aliphatic carbocycles. The number of carbonyl (C=O) groups is 1. The van der Waals surface area contributed by atoms with Crippen molar-refractivity contribution in [3.63, 3.8) is 0 Å². The molecule has 0 aliphatic heterocycles. The first kappa shape index (κ1) is 14.2. The van der Waals surface area contributed by atoms with E-state index in [2.05, 4.69) is 16.4 Å². The van der Waals surface area contributed by atoms with Crippen LogP contribution in [0, 0.1) is 0 Å². The highest BCUT2D eigenvalue weighted by molar-refractivity contribution is 5.84. The van der Waals surface area contributed by atoms with Crippen LogP contribution in [0.1, 0.15) is 11.1 Å². The highest BCUT2D eigenvalue weighted by atomic mass is 16.5. The van der Waals surface area contributed by atoms with Gasteiger partial charge in [-0.1, -0.05) is 30.3 Å². The number of amides is 1. The molecule has 4 heteroatoms. The molecule has 4 nitrogen and oxygen atoms in total. The molecule has 0 unspecified atom stereocenters. The highest BCUT2D eigenvalue weighted by Crippen LogP contribution is 2.24. The Morgan fingerprint density at radius 3 is 2.82 bits per heavy atom. The van der Waals surface area contributed by atoms with E-state index in [-0.39, 0.29) is 0 Å². The summed E-state index contributed by atoms with van der Waals surface area (Å²) in [4.78, 5) is 13.6. The highest BCUT2D eigenvalue weighted by Gasteiger charge is 2.05. The Kier molecular flexibility index (Phi) is 4.39. The molecule has 1 amide bonds. The van der Waals surface area contributed by atoms with E-state index in [1.54, 1.807) is 0 Å². The number of hydrogen-bond donors (Lipinski definition) is 2. The summed E-state index contributed by atoms with van der Waals surface area (Å²) in [5.74, 6) is 0.843. The fourth-order valence-corrected chi connectivity index (χ4v) is 2.47. The summed E-state index contributed by atoms with van der Waals surface area (Å²) in [5.41, 5.74) is 3.39. The van der Waals surface area contributed by atoms with Gasteiger partial charge in [-0.15, -0.1) is 0 Å². The Labute approximate surface area is 129 Å². The van der Waals surface area contributed by atoms with Crippen LogP contribution in [0.3, 0.4) is 0 Å². The summed E-state index contributed by atoms with van der Waals surface area (Å²) in [6.45, 7) is 1.20. The van der Waals surface area contributed by atoms with Crippen LogP contribution in [0.4, 0.5) is 0 Å². The predicted octanol–water partition coefficient (Wildman–Crippen LogP) is 3.04. The van der Waals surface area contributed by atoms with Crippen molar-refractivity contribution in [3.8, 4) is 5.75 Å². The number of carbonyl (C=O) groups excluding carboxylic acids is 1. The van der Waals surface area contributed by atoms with Gasteiger partial charge in [-0.2, -0.15) is 0 Å². The van der Waals surface area contributed by atoms with E-state index in [0.717, 1.165) is 29.7 Å². The van der Waals surface area contributed by atoms with E-state index < -0.39 is 0 Å². The molecule has 0 spiro atoms. The van der Waals surface area contributed by atoms with Gasteiger partial charge in [-0.25, -0.2) is 0 Å². The molecule has 0 aliphatic rings. The zero-order chi connectivity index (χ0) is 15.2. The molecule has 0 saturated carbocycles. The van der Waals surface area contributed by atoms with Crippen molar-refractivity contribution in [1.29, 1.82) is 0 Å². The predicted molar refractivity (Wildman–Crippen MR) is 86.8 cm³/mol. The normalized spacial score (nSPS) is 10.5. The Morgan fingerprint density at radius 1 is 1.14 bits per heavy atom. The number of H-pyrrole nitrogens is 1. The molecule has 3 aromatic rings. The second kappa shape index (κ2) is 6.80. The van der Waals surface area contributed by atoms with Crippen LogP contribution in [0.25, 0.3) is 10.9 Å². The zero-order valence-electron chi connectivity index (χ0n) is 12.2. The lowest BCUT2D eigenvalue weighted by Crippen LogP contribution is -2.14. The molecule has 22 heavy (non-hydrogen) atoms. The van der Waals surface area contributed by atoms with Gasteiger partial charge >= 0.3 is 0 Å². The summed E-state index contributed by atoms with van der Waals surface area (Å²) in [5, 5.41) is 3.85. The third kappa shape index (κ3) is 3.28. The smallest absolute Gasteiger partial charge is 0.207 e. The van der Waals surface area contributed by atoms with Crippen LogP contribution in [0.5, 0.6) is 5.75 Å². The largest absolute Gasteiger partial charge is 0.489 e. The van der Waals surface area contributed by atoms with Crippen LogP contribution in [0.15, 0.2) is 54.7 Å². The third-order valence-electron chi connectivity index (χ3n) is 3.61. The molecule has 3 rings (SSSR count). The number of fused-ring (bicyclic) bond motifs is 1. The zero-order valence-corrected chi connectivity index (χ0v) is 12.2. The Bertz CT molecular complexity index is 750. The molecule has 0 atom stereocenters. The second-order valence-electron chi connectivity index (χ2n) is 5.12. The number of rotatable bonds is 7. The fraction of sp³-hybridized carbons (Fsp3) is 0.167. The maximum absolute atomic E-state index is 10.3. The van der Waals surface area contributed by atoms with Gasteiger partial charge in [0.1, 0.15) is 12.4 Å². The van der Waals surface area contributed by atoms with Gasteiger partial charge in [0.2, 0.25) is 6.41 Å². The molecule has 1 aromatic heterocycles. The summed E-state index contributed by atoms with van der Waals surface area (Å²) in [6.07, 6.45) is 3.52. The van der Waals surface area contributed by atoms with Gasteiger partial charge < -0.3 is 15.0 Å². The number of nitrogens with one attached hydrogen (secondary N) is 2. The molecule has 1 heterocycles. The van der Waals surface area contributed by atoms with Gasteiger partial charge in [0.25, 0.3) is 0 Å². The van der Waals surface area contributed by atoms with Gasteiger partial charge in [0.15, 0.2) is 0 Å². The van der Waals surface area contributed by atoms with Crippen molar-refractivity contribution >= 4 is 17.3 Å². The summed E-state index contributed by atoms with van der Waals surface area (Å²) in [7, 11) is 0. The van der Waals surface area contributed by atoms with E-state index in [0.29, 0.717) is 13.2 Å². The Morgan fingerprint density at radius 2 is 2.00 bits per heavy atom. The summed E-state index contributed by atoms with van der Waals surface area (Å²) in [6, 6.07) is 16.2. The van der Waals surface area contributed by atoms with Crippen molar-refractivity contribution < 1.29 is 9.53 Å². The lowest BCUT2D eigenvalue weighted by atomic mass is 10.1. The molecule has 0 saturated heterocycles. The fourth-order valence-electron chi connectivity index (χ4n) is 2.47. The Hall–Kier alpha value is -2.75. The molecule has 112 valence electrons. The van der Waals surface area contributed by atoms with E-state index in [1.807, 2.05) is 48.7 Å². The number of ether oxygens (including phenoxy) is 1. The lowest BCUT2D eigenvalue weighted by Gasteiger charge is -2.06. The van der Waals surface area contributed by atoms with Gasteiger partial charge in [0.05, 0.1) is 0 Å². The molecular formula is C18H18N2O2. The van der Waals surface area contributed by atoms with Gasteiger partial charge in [-0.05, 0) is 29.7 Å². The van der Waals surface area contributed by atoms with Crippen LogP contribution in [-0.4, -0.2) is 17.9 Å².